The topological polar surface area (TPSA) is 91.0 Å². The minimum Gasteiger partial charge on any atom is -0.378 e. The highest BCUT2D eigenvalue weighted by Gasteiger charge is 2.33. The molecule has 1 saturated heterocycles. The Labute approximate surface area is 231 Å². The Morgan fingerprint density at radius 1 is 1.27 bits per heavy atom. The second kappa shape index (κ2) is 11.3. The second-order valence-electron chi connectivity index (χ2n) is 9.34. The molecule has 0 radical (unpaired) electrons. The van der Waals surface area contributed by atoms with Crippen molar-refractivity contribution in [1.29, 1.82) is 0 Å². The average molecular weight is 575 g/mol. The van der Waals surface area contributed by atoms with Gasteiger partial charge in [0.05, 0.1) is 40.6 Å². The molecule has 210 valence electrons. The fourth-order valence-electron chi connectivity index (χ4n) is 4.63. The van der Waals surface area contributed by atoms with Gasteiger partial charge < -0.3 is 25.3 Å². The lowest BCUT2D eigenvalue weighted by Crippen LogP contribution is -2.46. The van der Waals surface area contributed by atoms with Crippen LogP contribution in [-0.2, 0) is 0 Å². The number of hydrogen-bond acceptors (Lipinski definition) is 7. The van der Waals surface area contributed by atoms with Gasteiger partial charge in [-0.25, -0.2) is 4.39 Å². The van der Waals surface area contributed by atoms with Gasteiger partial charge in [0.2, 0.25) is 0 Å². The summed E-state index contributed by atoms with van der Waals surface area (Å²) in [7, 11) is 3.37. The average Bonchev–Trinajstić information content (AvgIpc) is 3.52. The minimum absolute atomic E-state index is 0.0618. The van der Waals surface area contributed by atoms with Crippen molar-refractivity contribution in [3.05, 3.63) is 54.1 Å². The van der Waals surface area contributed by atoms with Crippen molar-refractivity contribution in [2.24, 2.45) is 0 Å². The van der Waals surface area contributed by atoms with Crippen molar-refractivity contribution >= 4 is 40.2 Å². The van der Waals surface area contributed by atoms with E-state index in [4.69, 9.17) is 0 Å². The number of nitrogens with one attached hydrogen (secondary N) is 3. The summed E-state index contributed by atoms with van der Waals surface area (Å²) in [4.78, 5) is 14.0. The smallest absolute Gasteiger partial charge is 0.378 e. The molecule has 14 heteroatoms. The SMILES string of the molecule is CNC(=O)c1cc(NCC#Cc2cc3c(N[C@@H]4CCN(C)C[C@@H]4F)cccn3c2SC(F)(F)F)c2nncn2c1. The summed E-state index contributed by atoms with van der Waals surface area (Å²) in [5.41, 5.74) is -2.02. The van der Waals surface area contributed by atoms with Crippen molar-refractivity contribution in [2.45, 2.75) is 29.2 Å². The first-order chi connectivity index (χ1) is 19.1. The van der Waals surface area contributed by atoms with Crippen molar-refractivity contribution in [3.8, 4) is 11.8 Å². The maximum Gasteiger partial charge on any atom is 0.447 e. The third-order valence-electron chi connectivity index (χ3n) is 6.53. The molecule has 0 saturated carbocycles. The molecule has 40 heavy (non-hydrogen) atoms. The zero-order valence-electron chi connectivity index (χ0n) is 21.6. The molecule has 9 nitrogen and oxygen atoms in total. The van der Waals surface area contributed by atoms with E-state index >= 15 is 0 Å². The Hall–Kier alpha value is -3.96. The molecule has 0 unspecified atom stereocenters. The first-order valence-electron chi connectivity index (χ1n) is 12.4. The summed E-state index contributed by atoms with van der Waals surface area (Å²) < 4.78 is 58.2. The molecule has 2 atom stereocenters. The van der Waals surface area contributed by atoms with Crippen LogP contribution < -0.4 is 16.0 Å². The van der Waals surface area contributed by atoms with E-state index in [1.165, 1.54) is 24.0 Å². The molecule has 3 N–H and O–H groups in total. The maximum atomic E-state index is 14.7. The number of thioether (sulfide) groups is 1. The molecular formula is C26H26F4N8OS. The number of carbonyl (C=O) groups excluding carboxylic acids is 1. The number of pyridine rings is 2. The predicted octanol–water partition coefficient (Wildman–Crippen LogP) is 3.87. The largest absolute Gasteiger partial charge is 0.447 e. The van der Waals surface area contributed by atoms with Crippen molar-refractivity contribution < 1.29 is 22.4 Å². The van der Waals surface area contributed by atoms with Gasteiger partial charge in [-0.2, -0.15) is 13.2 Å². The number of alkyl halides is 4. The van der Waals surface area contributed by atoms with Gasteiger partial charge in [-0.05, 0) is 37.7 Å². The third-order valence-corrected chi connectivity index (χ3v) is 7.37. The number of hydrogen-bond donors (Lipinski definition) is 3. The highest BCUT2D eigenvalue weighted by atomic mass is 32.2. The molecule has 0 aromatic carbocycles. The molecule has 0 bridgehead atoms. The number of anilines is 2. The highest BCUT2D eigenvalue weighted by molar-refractivity contribution is 8.00. The van der Waals surface area contributed by atoms with E-state index in [-0.39, 0.29) is 41.3 Å². The standard InChI is InChI=1S/C26H26F4N8OS/c1-31-24(39)17-11-21(23-35-33-15-37(23)13-17)32-8-3-5-16-12-22-20(34-19-7-10-36(2)14-18(19)27)6-4-9-38(22)25(16)40-26(28,29)30/h4,6,9,11-13,15,18-19,32,34H,7-8,10,14H2,1-2H3,(H,31,39)/t18-,19+/m0/s1. The Morgan fingerprint density at radius 2 is 2.10 bits per heavy atom. The Bertz CT molecular complexity index is 1610. The summed E-state index contributed by atoms with van der Waals surface area (Å²) in [6.45, 7) is 1.06. The number of amides is 1. The van der Waals surface area contributed by atoms with E-state index < -0.39 is 17.7 Å². The lowest BCUT2D eigenvalue weighted by atomic mass is 10.0. The quantitative estimate of drug-likeness (QED) is 0.183. The molecule has 5 heterocycles. The number of likely N-dealkylation sites (tertiary alicyclic amines) is 1. The van der Waals surface area contributed by atoms with Crippen LogP contribution in [0.4, 0.5) is 28.9 Å². The summed E-state index contributed by atoms with van der Waals surface area (Å²) in [6.07, 6.45) is 4.03. The van der Waals surface area contributed by atoms with Crippen LogP contribution in [0.3, 0.4) is 0 Å². The predicted molar refractivity (Wildman–Crippen MR) is 145 cm³/mol. The molecule has 4 aromatic heterocycles. The van der Waals surface area contributed by atoms with Gasteiger partial charge in [-0.1, -0.05) is 11.8 Å². The molecule has 5 rings (SSSR count). The van der Waals surface area contributed by atoms with Crippen LogP contribution in [0.25, 0.3) is 11.2 Å². The second-order valence-corrected chi connectivity index (χ2v) is 10.4. The van der Waals surface area contributed by atoms with Gasteiger partial charge in [-0.15, -0.1) is 10.2 Å². The molecule has 1 fully saturated rings. The summed E-state index contributed by atoms with van der Waals surface area (Å²) >= 11 is -0.250. The van der Waals surface area contributed by atoms with Crippen LogP contribution in [0.5, 0.6) is 0 Å². The van der Waals surface area contributed by atoms with E-state index in [0.717, 1.165) is 0 Å². The third kappa shape index (κ3) is 5.95. The van der Waals surface area contributed by atoms with Gasteiger partial charge in [-0.3, -0.25) is 9.20 Å². The lowest BCUT2D eigenvalue weighted by molar-refractivity contribution is -0.0329. The Balaban J connectivity index is 1.43. The van der Waals surface area contributed by atoms with Gasteiger partial charge >= 0.3 is 5.51 Å². The summed E-state index contributed by atoms with van der Waals surface area (Å²) in [6, 6.07) is 6.08. The van der Waals surface area contributed by atoms with Crippen LogP contribution in [0, 0.1) is 11.8 Å². The maximum absolute atomic E-state index is 14.7. The van der Waals surface area contributed by atoms with Crippen molar-refractivity contribution in [3.63, 3.8) is 0 Å². The number of halogens is 4. The van der Waals surface area contributed by atoms with Crippen LogP contribution >= 0.6 is 11.8 Å². The van der Waals surface area contributed by atoms with Crippen LogP contribution in [0.15, 0.2) is 48.0 Å². The number of piperidine rings is 1. The van der Waals surface area contributed by atoms with E-state index in [0.29, 0.717) is 41.1 Å². The Morgan fingerprint density at radius 3 is 2.85 bits per heavy atom. The van der Waals surface area contributed by atoms with Crippen LogP contribution in [0.1, 0.15) is 22.3 Å². The summed E-state index contributed by atoms with van der Waals surface area (Å²) in [5.74, 6) is 5.41. The number of nitrogens with zero attached hydrogens (tertiary/aromatic N) is 5. The monoisotopic (exact) mass is 574 g/mol. The van der Waals surface area contributed by atoms with Crippen LogP contribution in [0.2, 0.25) is 0 Å². The van der Waals surface area contributed by atoms with Crippen LogP contribution in [-0.4, -0.2) is 81.3 Å². The number of aromatic nitrogens is 4. The zero-order valence-corrected chi connectivity index (χ0v) is 22.4. The highest BCUT2D eigenvalue weighted by Crippen LogP contribution is 2.40. The van der Waals surface area contributed by atoms with E-state index in [1.54, 1.807) is 34.9 Å². The minimum atomic E-state index is -4.54. The molecule has 1 aliphatic heterocycles. The fraction of sp³-hybridized carbons (Fsp3) is 0.346. The molecule has 0 spiro atoms. The normalized spacial score (nSPS) is 17.9. The lowest BCUT2D eigenvalue weighted by Gasteiger charge is -2.33. The van der Waals surface area contributed by atoms with Gasteiger partial charge in [0.15, 0.2) is 5.65 Å². The van der Waals surface area contributed by atoms with E-state index in [2.05, 4.69) is 38.0 Å². The van der Waals surface area contributed by atoms with Gasteiger partial charge in [0.1, 0.15) is 17.5 Å². The number of fused-ring (bicyclic) bond motifs is 2. The van der Waals surface area contributed by atoms with E-state index in [1.807, 2.05) is 11.9 Å². The van der Waals surface area contributed by atoms with Gasteiger partial charge in [0.25, 0.3) is 5.91 Å². The molecular weight excluding hydrogens is 548 g/mol. The molecule has 1 amide bonds. The first-order valence-corrected chi connectivity index (χ1v) is 13.2. The fourth-order valence-corrected chi connectivity index (χ4v) is 5.33. The first kappa shape index (κ1) is 27.6. The number of carbonyl (C=O) groups is 1. The van der Waals surface area contributed by atoms with E-state index in [9.17, 15) is 22.4 Å². The van der Waals surface area contributed by atoms with Crippen molar-refractivity contribution in [1.82, 2.24) is 29.2 Å². The molecule has 4 aromatic rings. The zero-order chi connectivity index (χ0) is 28.4. The molecule has 0 aliphatic carbocycles. The van der Waals surface area contributed by atoms with Gasteiger partial charge in [0, 0.05) is 44.3 Å². The molecule has 1 aliphatic rings. The number of rotatable bonds is 6. The van der Waals surface area contributed by atoms with Crippen molar-refractivity contribution in [2.75, 3.05) is 44.4 Å². The summed E-state index contributed by atoms with van der Waals surface area (Å²) in [5, 5.41) is 16.6. The Kier molecular flexibility index (Phi) is 7.77.